The highest BCUT2D eigenvalue weighted by Crippen LogP contribution is 2.29. The van der Waals surface area contributed by atoms with Gasteiger partial charge in [0.05, 0.1) is 21.0 Å². The van der Waals surface area contributed by atoms with Gasteiger partial charge in [0.2, 0.25) is 10.0 Å². The van der Waals surface area contributed by atoms with Crippen molar-refractivity contribution in [2.24, 2.45) is 5.92 Å². The van der Waals surface area contributed by atoms with E-state index >= 15 is 0 Å². The lowest BCUT2D eigenvalue weighted by Gasteiger charge is -2.17. The summed E-state index contributed by atoms with van der Waals surface area (Å²) in [7, 11) is -3.60. The Morgan fingerprint density at radius 3 is 2.21 bits per heavy atom. The highest BCUT2D eigenvalue weighted by atomic mass is 35.5. The van der Waals surface area contributed by atoms with Crippen LogP contribution < -0.4 is 15.4 Å². The molecule has 0 aliphatic heterocycles. The fourth-order valence-electron chi connectivity index (χ4n) is 3.74. The molecule has 182 valence electrons. The fourth-order valence-corrected chi connectivity index (χ4v) is 5.26. The summed E-state index contributed by atoms with van der Waals surface area (Å²) in [6.07, 6.45) is 5.25. The number of sulfonamides is 1. The van der Waals surface area contributed by atoms with Gasteiger partial charge in [-0.1, -0.05) is 74.9 Å². The quantitative estimate of drug-likeness (QED) is 0.292. The number of hydrogen-bond donors (Lipinski definition) is 3. The monoisotopic (exact) mass is 513 g/mol. The van der Waals surface area contributed by atoms with Crippen molar-refractivity contribution in [2.75, 3.05) is 11.9 Å². The zero-order chi connectivity index (χ0) is 24.4. The molecular weight excluding hydrogens is 481 g/mol. The van der Waals surface area contributed by atoms with Gasteiger partial charge in [-0.05, 0) is 55.2 Å². The van der Waals surface area contributed by atoms with Crippen LogP contribution in [-0.2, 0) is 10.0 Å². The van der Waals surface area contributed by atoms with Crippen LogP contribution in [0, 0.1) is 5.92 Å². The summed E-state index contributed by atoms with van der Waals surface area (Å²) in [6, 6.07) is 10.5. The summed E-state index contributed by atoms with van der Waals surface area (Å²) in [5, 5.41) is 6.30. The lowest BCUT2D eigenvalue weighted by Crippen LogP contribution is -2.31. The number of benzene rings is 2. The molecule has 33 heavy (non-hydrogen) atoms. The topological polar surface area (TPSA) is 87.3 Å². The minimum Gasteiger partial charge on any atom is -0.331 e. The Balaban J connectivity index is 1.91. The van der Waals surface area contributed by atoms with Gasteiger partial charge < -0.3 is 10.6 Å². The summed E-state index contributed by atoms with van der Waals surface area (Å²) in [6.45, 7) is 6.51. The third kappa shape index (κ3) is 8.49. The van der Waals surface area contributed by atoms with E-state index in [0.29, 0.717) is 33.8 Å². The summed E-state index contributed by atoms with van der Waals surface area (Å²) < 4.78 is 27.9. The maximum Gasteiger partial charge on any atom is 0.319 e. The lowest BCUT2D eigenvalue weighted by molar-refractivity contribution is 0.249. The summed E-state index contributed by atoms with van der Waals surface area (Å²) in [5.74, 6) is 0.539. The molecule has 2 rings (SSSR count). The van der Waals surface area contributed by atoms with Crippen molar-refractivity contribution in [3.05, 3.63) is 58.1 Å². The highest BCUT2D eigenvalue weighted by Gasteiger charge is 2.17. The van der Waals surface area contributed by atoms with Gasteiger partial charge >= 0.3 is 6.03 Å². The molecule has 0 aliphatic carbocycles. The minimum atomic E-state index is -3.60. The second kappa shape index (κ2) is 13.2. The second-order valence-electron chi connectivity index (χ2n) is 8.12. The lowest BCUT2D eigenvalue weighted by atomic mass is 9.95. The van der Waals surface area contributed by atoms with Gasteiger partial charge in [-0.15, -0.1) is 0 Å². The van der Waals surface area contributed by atoms with Gasteiger partial charge in [-0.2, -0.15) is 0 Å². The van der Waals surface area contributed by atoms with Gasteiger partial charge in [0.25, 0.3) is 0 Å². The molecule has 2 aromatic rings. The van der Waals surface area contributed by atoms with E-state index in [2.05, 4.69) is 29.2 Å². The molecule has 0 radical (unpaired) electrons. The van der Waals surface area contributed by atoms with Crippen LogP contribution >= 0.6 is 23.2 Å². The van der Waals surface area contributed by atoms with Crippen molar-refractivity contribution < 1.29 is 13.2 Å². The van der Waals surface area contributed by atoms with Gasteiger partial charge in [0.15, 0.2) is 0 Å². The van der Waals surface area contributed by atoms with Crippen LogP contribution in [0.4, 0.5) is 10.5 Å². The Morgan fingerprint density at radius 1 is 0.970 bits per heavy atom. The molecular formula is C24H33Cl2N3O3S. The van der Waals surface area contributed by atoms with E-state index in [0.717, 1.165) is 32.1 Å². The van der Waals surface area contributed by atoms with E-state index in [-0.39, 0.29) is 10.9 Å². The van der Waals surface area contributed by atoms with Crippen LogP contribution in [-0.4, -0.2) is 21.0 Å². The number of urea groups is 1. The van der Waals surface area contributed by atoms with Crippen molar-refractivity contribution in [2.45, 2.75) is 63.8 Å². The first-order chi connectivity index (χ1) is 15.7. The molecule has 3 N–H and O–H groups in total. The molecule has 0 saturated carbocycles. The predicted molar refractivity (Wildman–Crippen MR) is 137 cm³/mol. The molecule has 0 bridgehead atoms. The number of rotatable bonds is 12. The van der Waals surface area contributed by atoms with E-state index in [1.165, 1.54) is 12.1 Å². The highest BCUT2D eigenvalue weighted by molar-refractivity contribution is 7.89. The van der Waals surface area contributed by atoms with E-state index in [4.69, 9.17) is 23.2 Å². The number of halogens is 2. The molecule has 6 nitrogen and oxygen atoms in total. The Hall–Kier alpha value is -1.80. The summed E-state index contributed by atoms with van der Waals surface area (Å²) >= 11 is 12.2. The molecule has 0 heterocycles. The van der Waals surface area contributed by atoms with Gasteiger partial charge in [0.1, 0.15) is 0 Å². The first kappa shape index (κ1) is 27.4. The number of carbonyl (C=O) groups is 1. The van der Waals surface area contributed by atoms with Crippen molar-refractivity contribution in [1.82, 2.24) is 10.0 Å². The predicted octanol–water partition coefficient (Wildman–Crippen LogP) is 6.76. The van der Waals surface area contributed by atoms with Gasteiger partial charge in [-0.25, -0.2) is 17.9 Å². The maximum absolute atomic E-state index is 12.6. The van der Waals surface area contributed by atoms with E-state index in [1.54, 1.807) is 37.3 Å². The zero-order valence-electron chi connectivity index (χ0n) is 19.3. The fraction of sp³-hybridized carbons (Fsp3) is 0.458. The first-order valence-corrected chi connectivity index (χ1v) is 13.5. The summed E-state index contributed by atoms with van der Waals surface area (Å²) in [4.78, 5) is 12.5. The summed E-state index contributed by atoms with van der Waals surface area (Å²) in [5.41, 5.74) is 1.17. The Bertz CT molecular complexity index is 1010. The zero-order valence-corrected chi connectivity index (χ0v) is 21.7. The van der Waals surface area contributed by atoms with Crippen LogP contribution in [0.25, 0.3) is 0 Å². The van der Waals surface area contributed by atoms with Crippen LogP contribution in [0.2, 0.25) is 10.0 Å². The smallest absolute Gasteiger partial charge is 0.319 e. The minimum absolute atomic E-state index is 0.162. The molecule has 0 saturated heterocycles. The van der Waals surface area contributed by atoms with Crippen molar-refractivity contribution in [1.29, 1.82) is 0 Å². The second-order valence-corrected chi connectivity index (χ2v) is 10.7. The molecule has 0 spiro atoms. The molecule has 1 atom stereocenters. The average Bonchev–Trinajstić information content (AvgIpc) is 2.76. The normalized spacial score (nSPS) is 12.5. The largest absolute Gasteiger partial charge is 0.331 e. The van der Waals surface area contributed by atoms with Crippen molar-refractivity contribution >= 4 is 44.9 Å². The van der Waals surface area contributed by atoms with Gasteiger partial charge in [-0.3, -0.25) is 0 Å². The molecule has 0 aliphatic rings. The SMILES string of the molecule is CCCC(CCC)CCNS(=O)(=O)c1ccc(NC(=O)N[C@@H](C)c2cccc(Cl)c2Cl)cc1. The van der Waals surface area contributed by atoms with E-state index < -0.39 is 16.1 Å². The number of carbonyl (C=O) groups excluding carboxylic acids is 1. The van der Waals surface area contributed by atoms with Crippen molar-refractivity contribution in [3.8, 4) is 0 Å². The molecule has 2 aromatic carbocycles. The Morgan fingerprint density at radius 2 is 1.61 bits per heavy atom. The standard InChI is InChI=1S/C24H33Cl2N3O3S/c1-4-7-18(8-5-2)15-16-27-33(31,32)20-13-11-19(12-14-20)29-24(30)28-17(3)21-9-6-10-22(25)23(21)26/h6,9-14,17-18,27H,4-5,7-8,15-16H2,1-3H3,(H2,28,29,30)/t17-/m0/s1. The van der Waals surface area contributed by atoms with Crippen LogP contribution in [0.15, 0.2) is 47.4 Å². The van der Waals surface area contributed by atoms with Crippen LogP contribution in [0.1, 0.15) is 64.5 Å². The molecule has 0 aromatic heterocycles. The van der Waals surface area contributed by atoms with E-state index in [1.807, 2.05) is 0 Å². The third-order valence-corrected chi connectivity index (χ3v) is 7.77. The Labute approximate surface area is 207 Å². The molecule has 2 amide bonds. The number of hydrogen-bond acceptors (Lipinski definition) is 3. The average molecular weight is 515 g/mol. The van der Waals surface area contributed by atoms with Crippen molar-refractivity contribution in [3.63, 3.8) is 0 Å². The van der Waals surface area contributed by atoms with E-state index in [9.17, 15) is 13.2 Å². The first-order valence-electron chi connectivity index (χ1n) is 11.3. The van der Waals surface area contributed by atoms with Crippen LogP contribution in [0.5, 0.6) is 0 Å². The molecule has 0 unspecified atom stereocenters. The molecule has 0 fully saturated rings. The number of anilines is 1. The van der Waals surface area contributed by atoms with Crippen LogP contribution in [0.3, 0.4) is 0 Å². The number of nitrogens with one attached hydrogen (secondary N) is 3. The Kier molecular flexibility index (Phi) is 11.0. The third-order valence-electron chi connectivity index (χ3n) is 5.46. The molecule has 9 heteroatoms. The van der Waals surface area contributed by atoms with Gasteiger partial charge in [0, 0.05) is 12.2 Å². The number of amides is 2. The maximum atomic E-state index is 12.6.